The number of hydrogen-bond donors (Lipinski definition) is 0. The Bertz CT molecular complexity index is 713. The number of halogens is 2. The molecule has 0 saturated heterocycles. The highest BCUT2D eigenvalue weighted by atomic mass is 35.5. The van der Waals surface area contributed by atoms with Gasteiger partial charge < -0.3 is 14.5 Å². The number of hydrogen-bond acceptors (Lipinski definition) is 3. The molecule has 1 aromatic heterocycles. The van der Waals surface area contributed by atoms with Gasteiger partial charge in [0.2, 0.25) is 0 Å². The van der Waals surface area contributed by atoms with Crippen LogP contribution in [0.2, 0.25) is 0 Å². The Hall–Kier alpha value is -1.65. The normalized spacial score (nSPS) is 18.0. The van der Waals surface area contributed by atoms with Crippen LogP contribution in [0.3, 0.4) is 0 Å². The summed E-state index contributed by atoms with van der Waals surface area (Å²) in [5, 5.41) is 12.8. The van der Waals surface area contributed by atoms with Gasteiger partial charge >= 0.3 is 0 Å². The topological polar surface area (TPSA) is 42.4 Å². The highest BCUT2D eigenvalue weighted by Crippen LogP contribution is 2.30. The summed E-state index contributed by atoms with van der Waals surface area (Å²) in [5.41, 5.74) is 3.44. The molecule has 0 N–H and O–H groups in total. The highest BCUT2D eigenvalue weighted by Gasteiger charge is 2.33. The monoisotopic (exact) mass is 352 g/mol. The van der Waals surface area contributed by atoms with Crippen molar-refractivity contribution in [3.05, 3.63) is 58.7 Å². The summed E-state index contributed by atoms with van der Waals surface area (Å²) in [5.74, 6) is 1.39. The first-order valence-electron chi connectivity index (χ1n) is 7.50. The molecule has 2 aromatic rings. The van der Waals surface area contributed by atoms with Crippen molar-refractivity contribution < 1.29 is 9.16 Å². The first kappa shape index (κ1) is 16.2. The van der Waals surface area contributed by atoms with Gasteiger partial charge in [-0.25, -0.2) is 0 Å². The first-order chi connectivity index (χ1) is 11.2. The van der Waals surface area contributed by atoms with Gasteiger partial charge in [-0.05, 0) is 31.2 Å². The van der Waals surface area contributed by atoms with Crippen LogP contribution in [0.4, 0.5) is 5.69 Å². The van der Waals surface area contributed by atoms with Crippen LogP contribution in [0.5, 0.6) is 0 Å². The molecule has 1 aromatic carbocycles. The zero-order valence-electron chi connectivity index (χ0n) is 12.8. The lowest BCUT2D eigenvalue weighted by Crippen LogP contribution is -2.42. The van der Waals surface area contributed by atoms with E-state index in [0.29, 0.717) is 29.8 Å². The Morgan fingerprint density at radius 1 is 1.35 bits per heavy atom. The summed E-state index contributed by atoms with van der Waals surface area (Å²) in [6.45, 7) is 2.91. The maximum absolute atomic E-state index is 12.8. The second kappa shape index (κ2) is 6.85. The molecule has 2 heterocycles. The van der Waals surface area contributed by atoms with Crippen LogP contribution in [-0.2, 0) is 0 Å². The Morgan fingerprint density at radius 3 is 2.83 bits per heavy atom. The van der Waals surface area contributed by atoms with E-state index in [2.05, 4.69) is 4.90 Å². The number of furan rings is 1. The van der Waals surface area contributed by atoms with E-state index < -0.39 is 0 Å². The van der Waals surface area contributed by atoms with Gasteiger partial charge in [0.05, 0.1) is 17.5 Å². The third-order valence-corrected chi connectivity index (χ3v) is 4.57. The number of benzodiazepines with no additional fused rings is 1. The smallest absolute Gasteiger partial charge is 0.263 e. The fraction of sp³-hybridized carbons (Fsp3) is 0.353. The third-order valence-electron chi connectivity index (χ3n) is 4.04. The highest BCUT2D eigenvalue weighted by molar-refractivity contribution is 6.19. The first-order valence-corrected chi connectivity index (χ1v) is 8.57. The predicted molar refractivity (Wildman–Crippen MR) is 94.2 cm³/mol. The fourth-order valence-electron chi connectivity index (χ4n) is 3.00. The maximum atomic E-state index is 12.8. The fourth-order valence-corrected chi connectivity index (χ4v) is 3.44. The van der Waals surface area contributed by atoms with E-state index in [1.54, 1.807) is 18.4 Å². The van der Waals surface area contributed by atoms with Crippen LogP contribution in [-0.4, -0.2) is 41.3 Å². The number of benzene rings is 1. The molecular weight excluding hydrogens is 335 g/mol. The van der Waals surface area contributed by atoms with Crippen molar-refractivity contribution in [3.63, 3.8) is 0 Å². The van der Waals surface area contributed by atoms with E-state index in [9.17, 15) is 5.21 Å². The van der Waals surface area contributed by atoms with Gasteiger partial charge in [-0.2, -0.15) is 4.74 Å². The summed E-state index contributed by atoms with van der Waals surface area (Å²) in [7, 11) is 0. The Balaban J connectivity index is 2.23. The molecule has 1 atom stereocenters. The minimum absolute atomic E-state index is 0.109. The quantitative estimate of drug-likeness (QED) is 0.479. The maximum Gasteiger partial charge on any atom is 0.263 e. The molecule has 0 bridgehead atoms. The van der Waals surface area contributed by atoms with E-state index >= 15 is 0 Å². The lowest BCUT2D eigenvalue weighted by molar-refractivity contribution is -0.458. The van der Waals surface area contributed by atoms with Crippen LogP contribution in [0.1, 0.15) is 16.9 Å². The lowest BCUT2D eigenvalue weighted by Gasteiger charge is -2.29. The number of alkyl halides is 2. The molecule has 1 unspecified atom stereocenters. The van der Waals surface area contributed by atoms with Crippen LogP contribution < -0.4 is 4.90 Å². The van der Waals surface area contributed by atoms with Crippen LogP contribution in [0.25, 0.3) is 0 Å². The molecule has 0 aliphatic carbocycles. The van der Waals surface area contributed by atoms with Gasteiger partial charge in [-0.3, -0.25) is 0 Å². The second-order valence-electron chi connectivity index (χ2n) is 5.60. The zero-order chi connectivity index (χ0) is 16.4. The van der Waals surface area contributed by atoms with Crippen molar-refractivity contribution in [3.8, 4) is 0 Å². The lowest BCUT2D eigenvalue weighted by atomic mass is 10.0. The SMILES string of the molecule is Cc1ccc2c(c1)C(c1ccco1)=[N+]([O-])CC(CCl)N2CCCl. The zero-order valence-corrected chi connectivity index (χ0v) is 14.3. The van der Waals surface area contributed by atoms with Gasteiger partial charge in [-0.1, -0.05) is 11.6 Å². The molecule has 3 rings (SSSR count). The summed E-state index contributed by atoms with van der Waals surface area (Å²) in [6.07, 6.45) is 1.58. The van der Waals surface area contributed by atoms with Crippen LogP contribution in [0.15, 0.2) is 41.0 Å². The van der Waals surface area contributed by atoms with Gasteiger partial charge in [0.1, 0.15) is 6.04 Å². The van der Waals surface area contributed by atoms with Crippen molar-refractivity contribution in [2.24, 2.45) is 0 Å². The van der Waals surface area contributed by atoms with Crippen molar-refractivity contribution in [2.45, 2.75) is 13.0 Å². The van der Waals surface area contributed by atoms with Gasteiger partial charge in [0, 0.05) is 18.3 Å². The van der Waals surface area contributed by atoms with Crippen molar-refractivity contribution in [1.29, 1.82) is 0 Å². The Morgan fingerprint density at radius 2 is 2.17 bits per heavy atom. The third kappa shape index (κ3) is 3.06. The molecule has 0 spiro atoms. The van der Waals surface area contributed by atoms with E-state index in [1.165, 1.54) is 0 Å². The van der Waals surface area contributed by atoms with Gasteiger partial charge in [0.15, 0.2) is 12.3 Å². The summed E-state index contributed by atoms with van der Waals surface area (Å²) < 4.78 is 6.49. The largest absolute Gasteiger partial charge is 0.623 e. The molecule has 0 saturated carbocycles. The molecular formula is C17H18Cl2N2O2. The molecule has 122 valence electrons. The summed E-state index contributed by atoms with van der Waals surface area (Å²) in [6, 6.07) is 9.55. The van der Waals surface area contributed by atoms with E-state index in [1.807, 2.05) is 25.1 Å². The Kier molecular flexibility index (Phi) is 4.83. The number of aryl methyl sites for hydroxylation is 1. The molecule has 0 fully saturated rings. The van der Waals surface area contributed by atoms with E-state index in [-0.39, 0.29) is 12.6 Å². The van der Waals surface area contributed by atoms with Crippen molar-refractivity contribution in [1.82, 2.24) is 0 Å². The molecule has 0 radical (unpaired) electrons. The summed E-state index contributed by atoms with van der Waals surface area (Å²) >= 11 is 12.1. The molecule has 6 heteroatoms. The molecule has 0 amide bonds. The Labute approximate surface area is 145 Å². The van der Waals surface area contributed by atoms with Gasteiger partial charge in [-0.15, -0.1) is 23.2 Å². The van der Waals surface area contributed by atoms with Crippen LogP contribution >= 0.6 is 23.2 Å². The number of hydroxylamine groups is 1. The average molecular weight is 353 g/mol. The minimum Gasteiger partial charge on any atom is -0.623 e. The molecule has 23 heavy (non-hydrogen) atoms. The molecule has 4 nitrogen and oxygen atoms in total. The molecule has 1 aliphatic rings. The number of rotatable bonds is 4. The van der Waals surface area contributed by atoms with E-state index in [0.717, 1.165) is 21.6 Å². The van der Waals surface area contributed by atoms with Crippen LogP contribution in [0, 0.1) is 12.1 Å². The molecule has 1 aliphatic heterocycles. The average Bonchev–Trinajstić information content (AvgIpc) is 3.02. The minimum atomic E-state index is -0.109. The van der Waals surface area contributed by atoms with E-state index in [4.69, 9.17) is 27.6 Å². The number of nitrogens with zero attached hydrogens (tertiary/aromatic N) is 2. The van der Waals surface area contributed by atoms with Gasteiger partial charge in [0.25, 0.3) is 5.71 Å². The van der Waals surface area contributed by atoms with Crippen molar-refractivity contribution in [2.75, 3.05) is 29.7 Å². The summed E-state index contributed by atoms with van der Waals surface area (Å²) in [4.78, 5) is 2.12. The second-order valence-corrected chi connectivity index (χ2v) is 6.28. The number of fused-ring (bicyclic) bond motifs is 1. The van der Waals surface area contributed by atoms with Crippen molar-refractivity contribution >= 4 is 34.6 Å². The predicted octanol–water partition coefficient (Wildman–Crippen LogP) is 3.60. The number of anilines is 1. The standard InChI is InChI=1S/C17H18Cl2N2O2/c1-12-4-5-15-14(9-12)17(16-3-2-8-23-16)21(22)11-13(10-19)20(15)7-6-18/h2-5,8-9,13H,6-7,10-11H2,1H3.